The lowest BCUT2D eigenvalue weighted by Gasteiger charge is -1.98. The minimum absolute atomic E-state index is 0.355. The van der Waals surface area contributed by atoms with Gasteiger partial charge in [-0.15, -0.1) is 0 Å². The second kappa shape index (κ2) is 13.4. The van der Waals surface area contributed by atoms with Crippen LogP contribution in [0.4, 0.5) is 0 Å². The third-order valence-electron chi connectivity index (χ3n) is 2.45. The van der Waals surface area contributed by atoms with E-state index in [1.54, 1.807) is 0 Å². The maximum absolute atomic E-state index is 8.60. The second-order valence-corrected chi connectivity index (χ2v) is 3.91. The van der Waals surface area contributed by atoms with E-state index in [2.05, 4.69) is 31.2 Å². The summed E-state index contributed by atoms with van der Waals surface area (Å²) in [6.45, 7) is 2.41. The third kappa shape index (κ3) is 13.4. The predicted molar refractivity (Wildman–Crippen MR) is 68.0 cm³/mol. The molecule has 1 heteroatoms. The zero-order valence-electron chi connectivity index (χ0n) is 10.1. The highest BCUT2D eigenvalue weighted by Gasteiger charge is 1.89. The van der Waals surface area contributed by atoms with E-state index in [-0.39, 0.29) is 0 Å². The van der Waals surface area contributed by atoms with Crippen LogP contribution in [0.25, 0.3) is 0 Å². The van der Waals surface area contributed by atoms with Crippen molar-refractivity contribution in [3.05, 3.63) is 24.3 Å². The first-order valence-corrected chi connectivity index (χ1v) is 6.28. The third-order valence-corrected chi connectivity index (χ3v) is 2.45. The van der Waals surface area contributed by atoms with Crippen molar-refractivity contribution in [2.45, 2.75) is 58.3 Å². The van der Waals surface area contributed by atoms with Crippen molar-refractivity contribution in [3.63, 3.8) is 0 Å². The maximum atomic E-state index is 8.60. The average Bonchev–Trinajstić information content (AvgIpc) is 2.26. The van der Waals surface area contributed by atoms with Crippen molar-refractivity contribution in [2.75, 3.05) is 6.61 Å². The Morgan fingerprint density at radius 1 is 0.800 bits per heavy atom. The molecule has 0 spiro atoms. The van der Waals surface area contributed by atoms with E-state index in [4.69, 9.17) is 5.11 Å². The number of unbranched alkanes of at least 4 members (excludes halogenated alkanes) is 6. The monoisotopic (exact) mass is 210 g/mol. The molecule has 0 aliphatic rings. The molecule has 15 heavy (non-hydrogen) atoms. The fraction of sp³-hybridized carbons (Fsp3) is 0.714. The molecule has 0 aromatic heterocycles. The molecule has 1 N–H and O–H groups in total. The van der Waals surface area contributed by atoms with E-state index in [1.165, 1.54) is 38.5 Å². The number of aliphatic hydroxyl groups excluding tert-OH is 1. The first-order chi connectivity index (χ1) is 7.41. The number of allylic oxidation sites excluding steroid dienone is 4. The molecule has 0 rings (SSSR count). The van der Waals surface area contributed by atoms with Crippen molar-refractivity contribution in [1.82, 2.24) is 0 Å². The second-order valence-electron chi connectivity index (χ2n) is 3.91. The Bertz CT molecular complexity index is 159. The van der Waals surface area contributed by atoms with Gasteiger partial charge in [0, 0.05) is 6.61 Å². The van der Waals surface area contributed by atoms with Gasteiger partial charge in [-0.05, 0) is 32.6 Å². The Morgan fingerprint density at radius 3 is 2.13 bits per heavy atom. The largest absolute Gasteiger partial charge is 0.396 e. The highest BCUT2D eigenvalue weighted by molar-refractivity contribution is 4.91. The maximum Gasteiger partial charge on any atom is 0.0431 e. The molecule has 0 heterocycles. The van der Waals surface area contributed by atoms with Crippen LogP contribution in [0.2, 0.25) is 0 Å². The fourth-order valence-corrected chi connectivity index (χ4v) is 1.51. The Balaban J connectivity index is 3.01. The summed E-state index contributed by atoms with van der Waals surface area (Å²) in [7, 11) is 0. The van der Waals surface area contributed by atoms with Gasteiger partial charge < -0.3 is 5.11 Å². The number of hydrogen-bond donors (Lipinski definition) is 1. The highest BCUT2D eigenvalue weighted by atomic mass is 16.2. The molecule has 0 fully saturated rings. The predicted octanol–water partition coefficient (Wildman–Crippen LogP) is 4.23. The van der Waals surface area contributed by atoms with E-state index >= 15 is 0 Å². The van der Waals surface area contributed by atoms with Crippen molar-refractivity contribution in [2.24, 2.45) is 0 Å². The molecule has 0 aliphatic carbocycles. The van der Waals surface area contributed by atoms with Gasteiger partial charge in [-0.25, -0.2) is 0 Å². The van der Waals surface area contributed by atoms with Crippen LogP contribution >= 0.6 is 0 Å². The molecular weight excluding hydrogens is 184 g/mol. The summed E-state index contributed by atoms with van der Waals surface area (Å²) in [5.41, 5.74) is 0. The average molecular weight is 210 g/mol. The molecule has 0 atom stereocenters. The molecular formula is C14H26O. The number of aliphatic hydroxyl groups is 1. The molecule has 0 unspecified atom stereocenters. The molecule has 0 aromatic rings. The summed E-state index contributed by atoms with van der Waals surface area (Å²) in [4.78, 5) is 0. The van der Waals surface area contributed by atoms with Crippen LogP contribution in [0.15, 0.2) is 24.3 Å². The van der Waals surface area contributed by atoms with Crippen LogP contribution in [0.5, 0.6) is 0 Å². The molecule has 0 saturated heterocycles. The molecule has 0 radical (unpaired) electrons. The van der Waals surface area contributed by atoms with E-state index in [0.717, 1.165) is 12.8 Å². The van der Waals surface area contributed by atoms with Crippen molar-refractivity contribution in [3.8, 4) is 0 Å². The van der Waals surface area contributed by atoms with Crippen LogP contribution in [-0.4, -0.2) is 11.7 Å². The topological polar surface area (TPSA) is 20.2 Å². The van der Waals surface area contributed by atoms with Gasteiger partial charge in [0.1, 0.15) is 0 Å². The standard InChI is InChI=1S/C14H26O/c1-2-3-4-5-6-7-8-9-10-11-12-13-14-15/h2-3,5-6,15H,4,7-14H2,1H3/b3-2+,6-5+. The number of hydrogen-bond acceptors (Lipinski definition) is 1. The van der Waals surface area contributed by atoms with Crippen LogP contribution in [-0.2, 0) is 0 Å². The summed E-state index contributed by atoms with van der Waals surface area (Å²) >= 11 is 0. The van der Waals surface area contributed by atoms with E-state index in [1.807, 2.05) is 0 Å². The minimum atomic E-state index is 0.355. The molecule has 0 amide bonds. The van der Waals surface area contributed by atoms with Crippen LogP contribution in [0, 0.1) is 0 Å². The summed E-state index contributed by atoms with van der Waals surface area (Å²) in [6.07, 6.45) is 18.5. The molecule has 0 bridgehead atoms. The van der Waals surface area contributed by atoms with Gasteiger partial charge in [0.15, 0.2) is 0 Å². The van der Waals surface area contributed by atoms with Gasteiger partial charge >= 0.3 is 0 Å². The summed E-state index contributed by atoms with van der Waals surface area (Å²) in [5, 5.41) is 8.60. The zero-order valence-corrected chi connectivity index (χ0v) is 10.1. The van der Waals surface area contributed by atoms with Crippen LogP contribution in [0.1, 0.15) is 58.3 Å². The lowest BCUT2D eigenvalue weighted by Crippen LogP contribution is -1.83. The smallest absolute Gasteiger partial charge is 0.0431 e. The van der Waals surface area contributed by atoms with Gasteiger partial charge in [0.2, 0.25) is 0 Å². The minimum Gasteiger partial charge on any atom is -0.396 e. The van der Waals surface area contributed by atoms with Crippen LogP contribution < -0.4 is 0 Å². The zero-order chi connectivity index (χ0) is 11.2. The molecule has 0 aromatic carbocycles. The van der Waals surface area contributed by atoms with Crippen LogP contribution in [0.3, 0.4) is 0 Å². The van der Waals surface area contributed by atoms with E-state index < -0.39 is 0 Å². The SMILES string of the molecule is C/C=C/C/C=C/CCCCCCCCO. The normalized spacial score (nSPS) is 11.9. The highest BCUT2D eigenvalue weighted by Crippen LogP contribution is 2.07. The molecule has 0 aliphatic heterocycles. The Labute approximate surface area is 94.9 Å². The van der Waals surface area contributed by atoms with E-state index in [9.17, 15) is 0 Å². The first kappa shape index (κ1) is 14.4. The van der Waals surface area contributed by atoms with Crippen molar-refractivity contribution in [1.29, 1.82) is 0 Å². The van der Waals surface area contributed by atoms with Gasteiger partial charge in [-0.1, -0.05) is 50.0 Å². The molecule has 0 saturated carbocycles. The van der Waals surface area contributed by atoms with Gasteiger partial charge in [0.05, 0.1) is 0 Å². The summed E-state index contributed by atoms with van der Waals surface area (Å²) in [6, 6.07) is 0. The van der Waals surface area contributed by atoms with Gasteiger partial charge in [-0.3, -0.25) is 0 Å². The summed E-state index contributed by atoms with van der Waals surface area (Å²) < 4.78 is 0. The lowest BCUT2D eigenvalue weighted by molar-refractivity contribution is 0.282. The van der Waals surface area contributed by atoms with Gasteiger partial charge in [0.25, 0.3) is 0 Å². The Hall–Kier alpha value is -0.560. The first-order valence-electron chi connectivity index (χ1n) is 6.28. The summed E-state index contributed by atoms with van der Waals surface area (Å²) in [5.74, 6) is 0. The number of rotatable bonds is 10. The quantitative estimate of drug-likeness (QED) is 0.422. The van der Waals surface area contributed by atoms with Crippen molar-refractivity contribution < 1.29 is 5.11 Å². The fourth-order valence-electron chi connectivity index (χ4n) is 1.51. The van der Waals surface area contributed by atoms with Gasteiger partial charge in [-0.2, -0.15) is 0 Å². The molecule has 1 nitrogen and oxygen atoms in total. The van der Waals surface area contributed by atoms with E-state index in [0.29, 0.717) is 6.61 Å². The lowest BCUT2D eigenvalue weighted by atomic mass is 10.1. The van der Waals surface area contributed by atoms with Crippen molar-refractivity contribution >= 4 is 0 Å². The Kier molecular flexibility index (Phi) is 12.9. The molecule has 88 valence electrons. The Morgan fingerprint density at radius 2 is 1.47 bits per heavy atom.